The molecule has 0 aliphatic rings. The van der Waals surface area contributed by atoms with Crippen LogP contribution in [0, 0.1) is 17.0 Å². The molecule has 1 N–H and O–H groups in total. The Kier molecular flexibility index (Phi) is 3.51. The topological polar surface area (TPSA) is 98.0 Å². The number of carbonyl (C=O) groups is 1. The molecule has 0 aliphatic carbocycles. The maximum Gasteiger partial charge on any atom is 0.269 e. The lowest BCUT2D eigenvalue weighted by atomic mass is 10.1. The molecule has 0 saturated carbocycles. The van der Waals surface area contributed by atoms with Crippen molar-refractivity contribution in [3.63, 3.8) is 0 Å². The first-order valence-corrected chi connectivity index (χ1v) is 7.06. The van der Waals surface area contributed by atoms with Gasteiger partial charge in [0.05, 0.1) is 16.7 Å². The molecule has 3 rings (SSSR count). The number of nitro benzene ring substituents is 1. The Hall–Kier alpha value is -2.87. The number of non-ortho nitro benzene ring substituents is 1. The monoisotopic (exact) mass is 314 g/mol. The van der Waals surface area contributed by atoms with Gasteiger partial charge in [-0.25, -0.2) is 0 Å². The fraction of sp³-hybridized carbons (Fsp3) is 0.0714. The molecule has 7 nitrogen and oxygen atoms in total. The van der Waals surface area contributed by atoms with Crippen molar-refractivity contribution in [3.05, 3.63) is 57.6 Å². The summed E-state index contributed by atoms with van der Waals surface area (Å²) in [5.41, 5.74) is 3.01. The van der Waals surface area contributed by atoms with E-state index < -0.39 is 4.92 Å². The number of carbonyl (C=O) groups excluding carboxylic acids is 1. The molecule has 1 aromatic heterocycles. The summed E-state index contributed by atoms with van der Waals surface area (Å²) in [5, 5.41) is 13.5. The number of aromatic nitrogens is 2. The van der Waals surface area contributed by atoms with E-state index in [1.54, 1.807) is 25.1 Å². The van der Waals surface area contributed by atoms with Gasteiger partial charge in [0.25, 0.3) is 11.6 Å². The summed E-state index contributed by atoms with van der Waals surface area (Å²) in [6.45, 7) is 1.70. The molecule has 0 atom stereocenters. The van der Waals surface area contributed by atoms with Crippen molar-refractivity contribution in [3.8, 4) is 0 Å². The smallest absolute Gasteiger partial charge is 0.269 e. The first kappa shape index (κ1) is 14.1. The molecule has 0 spiro atoms. The van der Waals surface area contributed by atoms with Crippen molar-refractivity contribution < 1.29 is 9.72 Å². The normalized spacial score (nSPS) is 10.6. The lowest BCUT2D eigenvalue weighted by Gasteiger charge is -2.08. The maximum absolute atomic E-state index is 12.3. The molecule has 2 aromatic carbocycles. The number of anilines is 1. The molecule has 0 radical (unpaired) electrons. The van der Waals surface area contributed by atoms with Crippen molar-refractivity contribution in [1.29, 1.82) is 0 Å². The van der Waals surface area contributed by atoms with E-state index in [1.165, 1.54) is 18.2 Å². The summed E-state index contributed by atoms with van der Waals surface area (Å²) >= 11 is 1.09. The van der Waals surface area contributed by atoms with Crippen LogP contribution in [0.15, 0.2) is 36.4 Å². The zero-order chi connectivity index (χ0) is 15.7. The number of nitrogens with zero attached hydrogens (tertiary/aromatic N) is 3. The van der Waals surface area contributed by atoms with Gasteiger partial charge in [0.15, 0.2) is 0 Å². The Morgan fingerprint density at radius 1 is 1.18 bits per heavy atom. The predicted molar refractivity (Wildman–Crippen MR) is 83.2 cm³/mol. The number of aryl methyl sites for hydroxylation is 1. The van der Waals surface area contributed by atoms with Gasteiger partial charge in [0.1, 0.15) is 11.0 Å². The highest BCUT2D eigenvalue weighted by atomic mass is 32.1. The lowest BCUT2D eigenvalue weighted by molar-refractivity contribution is -0.384. The van der Waals surface area contributed by atoms with Crippen LogP contribution < -0.4 is 5.32 Å². The molecule has 1 amide bonds. The molecular weight excluding hydrogens is 304 g/mol. The van der Waals surface area contributed by atoms with Gasteiger partial charge in [0.2, 0.25) is 0 Å². The van der Waals surface area contributed by atoms with Gasteiger partial charge in [-0.1, -0.05) is 0 Å². The van der Waals surface area contributed by atoms with Crippen molar-refractivity contribution in [2.45, 2.75) is 6.92 Å². The minimum atomic E-state index is -0.470. The Morgan fingerprint density at radius 2 is 1.95 bits per heavy atom. The Balaban J connectivity index is 1.85. The number of fused-ring (bicyclic) bond motifs is 1. The van der Waals surface area contributed by atoms with Crippen LogP contribution in [0.3, 0.4) is 0 Å². The van der Waals surface area contributed by atoms with Crippen LogP contribution in [0.2, 0.25) is 0 Å². The molecule has 0 unspecified atom stereocenters. The summed E-state index contributed by atoms with van der Waals surface area (Å²) in [4.78, 5) is 22.5. The summed E-state index contributed by atoms with van der Waals surface area (Å²) < 4.78 is 8.17. The molecule has 0 bridgehead atoms. The minimum absolute atomic E-state index is 0.00883. The van der Waals surface area contributed by atoms with Gasteiger partial charge < -0.3 is 5.32 Å². The first-order valence-electron chi connectivity index (χ1n) is 6.33. The molecule has 3 aromatic rings. The number of nitrogens with one attached hydrogen (secondary N) is 1. The highest BCUT2D eigenvalue weighted by Crippen LogP contribution is 2.22. The fourth-order valence-electron chi connectivity index (χ4n) is 2.02. The third-order valence-corrected chi connectivity index (χ3v) is 3.74. The number of amides is 1. The summed E-state index contributed by atoms with van der Waals surface area (Å²) in [7, 11) is 0. The summed E-state index contributed by atoms with van der Waals surface area (Å²) in [6.07, 6.45) is 0. The van der Waals surface area contributed by atoms with E-state index >= 15 is 0 Å². The van der Waals surface area contributed by atoms with E-state index in [4.69, 9.17) is 0 Å². The minimum Gasteiger partial charge on any atom is -0.322 e. The molecular formula is C14H10N4O3S. The number of rotatable bonds is 3. The van der Waals surface area contributed by atoms with E-state index in [-0.39, 0.29) is 11.6 Å². The van der Waals surface area contributed by atoms with Crippen molar-refractivity contribution in [2.75, 3.05) is 5.32 Å². The Labute approximate surface area is 129 Å². The van der Waals surface area contributed by atoms with Gasteiger partial charge in [-0.2, -0.15) is 8.75 Å². The van der Waals surface area contributed by atoms with E-state index in [9.17, 15) is 14.9 Å². The average Bonchev–Trinajstić information content (AvgIpc) is 2.96. The largest absolute Gasteiger partial charge is 0.322 e. The summed E-state index contributed by atoms with van der Waals surface area (Å²) in [6, 6.07) is 9.36. The molecule has 110 valence electrons. The molecule has 0 saturated heterocycles. The average molecular weight is 314 g/mol. The predicted octanol–water partition coefficient (Wildman–Crippen LogP) is 3.16. The zero-order valence-electron chi connectivity index (χ0n) is 11.4. The first-order chi connectivity index (χ1) is 10.5. The van der Waals surface area contributed by atoms with Gasteiger partial charge in [-0.05, 0) is 36.8 Å². The third-order valence-electron chi connectivity index (χ3n) is 3.18. The lowest BCUT2D eigenvalue weighted by Crippen LogP contribution is -2.12. The Bertz CT molecular complexity index is 891. The molecule has 0 aliphatic heterocycles. The van der Waals surface area contributed by atoms with Crippen LogP contribution in [0.25, 0.3) is 11.0 Å². The standard InChI is InChI=1S/C14H10N4O3S/c1-8-6-10(18(20)21)3-5-11(8)15-14(19)9-2-4-12-13(7-9)17-22-16-12/h2-7H,1H3,(H,15,19). The van der Waals surface area contributed by atoms with Crippen LogP contribution in [0.5, 0.6) is 0 Å². The fourth-order valence-corrected chi connectivity index (χ4v) is 2.54. The molecule has 8 heteroatoms. The van der Waals surface area contributed by atoms with Gasteiger partial charge in [-0.15, -0.1) is 0 Å². The molecule has 22 heavy (non-hydrogen) atoms. The van der Waals surface area contributed by atoms with Crippen molar-refractivity contribution in [2.24, 2.45) is 0 Å². The van der Waals surface area contributed by atoms with E-state index in [0.29, 0.717) is 22.3 Å². The maximum atomic E-state index is 12.3. The zero-order valence-corrected chi connectivity index (χ0v) is 12.3. The quantitative estimate of drug-likeness (QED) is 0.591. The van der Waals surface area contributed by atoms with Crippen LogP contribution in [0.1, 0.15) is 15.9 Å². The van der Waals surface area contributed by atoms with Crippen LogP contribution in [0.4, 0.5) is 11.4 Å². The van der Waals surface area contributed by atoms with Crippen LogP contribution >= 0.6 is 11.7 Å². The van der Waals surface area contributed by atoms with E-state index in [2.05, 4.69) is 14.1 Å². The number of hydrogen-bond donors (Lipinski definition) is 1. The second kappa shape index (κ2) is 5.49. The van der Waals surface area contributed by atoms with Gasteiger partial charge in [0, 0.05) is 23.4 Å². The third kappa shape index (κ3) is 2.63. The highest BCUT2D eigenvalue weighted by Gasteiger charge is 2.12. The number of hydrogen-bond acceptors (Lipinski definition) is 6. The number of nitro groups is 1. The van der Waals surface area contributed by atoms with Crippen LogP contribution in [-0.2, 0) is 0 Å². The molecule has 0 fully saturated rings. The summed E-state index contributed by atoms with van der Waals surface area (Å²) in [5.74, 6) is -0.299. The SMILES string of the molecule is Cc1cc([N+](=O)[O-])ccc1NC(=O)c1ccc2nsnc2c1. The van der Waals surface area contributed by atoms with E-state index in [0.717, 1.165) is 17.2 Å². The highest BCUT2D eigenvalue weighted by molar-refractivity contribution is 7.00. The molecule has 1 heterocycles. The second-order valence-electron chi connectivity index (χ2n) is 4.68. The van der Waals surface area contributed by atoms with Gasteiger partial charge in [-0.3, -0.25) is 14.9 Å². The van der Waals surface area contributed by atoms with Gasteiger partial charge >= 0.3 is 0 Å². The Morgan fingerprint density at radius 3 is 2.68 bits per heavy atom. The second-order valence-corrected chi connectivity index (χ2v) is 5.21. The number of benzene rings is 2. The van der Waals surface area contributed by atoms with Crippen LogP contribution in [-0.4, -0.2) is 19.6 Å². The van der Waals surface area contributed by atoms with Crippen molar-refractivity contribution in [1.82, 2.24) is 8.75 Å². The van der Waals surface area contributed by atoms with E-state index in [1.807, 2.05) is 0 Å². The van der Waals surface area contributed by atoms with Crippen molar-refractivity contribution >= 4 is 40.0 Å².